The highest BCUT2D eigenvalue weighted by molar-refractivity contribution is 5.73. The average Bonchev–Trinajstić information content (AvgIpc) is 1.85. The van der Waals surface area contributed by atoms with Crippen LogP contribution in [0.1, 0.15) is 27.2 Å². The SMILES string of the molecule is [CH2]C(=O)OC(C)C(C)CC. The van der Waals surface area contributed by atoms with Crippen molar-refractivity contribution < 1.29 is 9.53 Å². The van der Waals surface area contributed by atoms with Crippen molar-refractivity contribution in [2.75, 3.05) is 0 Å². The van der Waals surface area contributed by atoms with Crippen molar-refractivity contribution in [2.24, 2.45) is 5.92 Å². The molecule has 0 N–H and O–H groups in total. The maximum Gasteiger partial charge on any atom is 0.306 e. The highest BCUT2D eigenvalue weighted by Gasteiger charge is 2.11. The fourth-order valence-electron chi connectivity index (χ4n) is 0.655. The van der Waals surface area contributed by atoms with Crippen LogP contribution in [0.4, 0.5) is 0 Å². The van der Waals surface area contributed by atoms with Gasteiger partial charge in [-0.25, -0.2) is 0 Å². The first-order valence-corrected chi connectivity index (χ1v) is 3.60. The second kappa shape index (κ2) is 4.31. The summed E-state index contributed by atoms with van der Waals surface area (Å²) in [7, 11) is 0. The van der Waals surface area contributed by atoms with Crippen molar-refractivity contribution in [3.8, 4) is 0 Å². The van der Waals surface area contributed by atoms with Gasteiger partial charge in [0, 0.05) is 0 Å². The molecule has 59 valence electrons. The van der Waals surface area contributed by atoms with E-state index in [0.29, 0.717) is 5.92 Å². The molecule has 2 unspecified atom stereocenters. The van der Waals surface area contributed by atoms with Crippen LogP contribution in [0.15, 0.2) is 0 Å². The minimum atomic E-state index is -0.437. The van der Waals surface area contributed by atoms with Gasteiger partial charge in [0.25, 0.3) is 0 Å². The van der Waals surface area contributed by atoms with E-state index < -0.39 is 5.97 Å². The Morgan fingerprint density at radius 1 is 1.60 bits per heavy atom. The summed E-state index contributed by atoms with van der Waals surface area (Å²) in [5.74, 6) is -0.0153. The van der Waals surface area contributed by atoms with Crippen molar-refractivity contribution >= 4 is 5.97 Å². The van der Waals surface area contributed by atoms with Gasteiger partial charge in [-0.1, -0.05) is 20.3 Å². The molecule has 1 radical (unpaired) electrons. The Kier molecular flexibility index (Phi) is 4.08. The third-order valence-corrected chi connectivity index (χ3v) is 1.76. The minimum Gasteiger partial charge on any atom is -0.462 e. The van der Waals surface area contributed by atoms with Gasteiger partial charge in [-0.3, -0.25) is 4.79 Å². The van der Waals surface area contributed by atoms with Crippen molar-refractivity contribution in [3.05, 3.63) is 6.92 Å². The first kappa shape index (κ1) is 9.47. The highest BCUT2D eigenvalue weighted by Crippen LogP contribution is 2.10. The highest BCUT2D eigenvalue weighted by atomic mass is 16.5. The molecule has 2 nitrogen and oxygen atoms in total. The number of rotatable bonds is 3. The summed E-state index contributed by atoms with van der Waals surface area (Å²) in [5.41, 5.74) is 0. The predicted molar refractivity (Wildman–Crippen MR) is 40.4 cm³/mol. The number of hydrogen-bond donors (Lipinski definition) is 0. The summed E-state index contributed by atoms with van der Waals surface area (Å²) in [4.78, 5) is 10.3. The Hall–Kier alpha value is -0.530. The Bertz CT molecular complexity index is 110. The third kappa shape index (κ3) is 3.49. The van der Waals surface area contributed by atoms with Crippen LogP contribution in [0.3, 0.4) is 0 Å². The molecule has 2 atom stereocenters. The summed E-state index contributed by atoms with van der Waals surface area (Å²) < 4.78 is 4.85. The maximum absolute atomic E-state index is 10.3. The third-order valence-electron chi connectivity index (χ3n) is 1.76. The normalized spacial score (nSPS) is 16.0. The van der Waals surface area contributed by atoms with Crippen LogP contribution in [0, 0.1) is 12.8 Å². The molecule has 0 aromatic heterocycles. The Balaban J connectivity index is 3.61. The van der Waals surface area contributed by atoms with Crippen molar-refractivity contribution in [3.63, 3.8) is 0 Å². The molecule has 0 saturated heterocycles. The van der Waals surface area contributed by atoms with E-state index in [1.165, 1.54) is 0 Å². The average molecular weight is 143 g/mol. The van der Waals surface area contributed by atoms with Crippen LogP contribution < -0.4 is 0 Å². The second-order valence-electron chi connectivity index (χ2n) is 2.58. The van der Waals surface area contributed by atoms with Gasteiger partial charge in [-0.15, -0.1) is 0 Å². The van der Waals surface area contributed by atoms with Gasteiger partial charge in [-0.05, 0) is 12.8 Å². The predicted octanol–water partition coefficient (Wildman–Crippen LogP) is 1.80. The lowest BCUT2D eigenvalue weighted by molar-refractivity contribution is -0.144. The lowest BCUT2D eigenvalue weighted by atomic mass is 10.0. The summed E-state index contributed by atoms with van der Waals surface area (Å²) in [6, 6.07) is 0. The molecule has 0 saturated carbocycles. The van der Waals surface area contributed by atoms with Crippen LogP contribution in [0.25, 0.3) is 0 Å². The van der Waals surface area contributed by atoms with Gasteiger partial charge in [0.05, 0.1) is 6.92 Å². The van der Waals surface area contributed by atoms with E-state index in [1.54, 1.807) is 0 Å². The maximum atomic E-state index is 10.3. The molecule has 0 rings (SSSR count). The Morgan fingerprint density at radius 3 is 2.40 bits per heavy atom. The zero-order valence-corrected chi connectivity index (χ0v) is 6.89. The van der Waals surface area contributed by atoms with E-state index in [0.717, 1.165) is 6.42 Å². The second-order valence-corrected chi connectivity index (χ2v) is 2.58. The zero-order valence-electron chi connectivity index (χ0n) is 6.89. The number of esters is 1. The molecule has 0 aliphatic rings. The minimum absolute atomic E-state index is 0.00463. The Labute approximate surface area is 62.6 Å². The zero-order chi connectivity index (χ0) is 8.15. The van der Waals surface area contributed by atoms with Crippen LogP contribution in [-0.4, -0.2) is 12.1 Å². The monoisotopic (exact) mass is 143 g/mol. The summed E-state index contributed by atoms with van der Waals surface area (Å²) in [6.07, 6.45) is 1.02. The molecular formula is C8H15O2. The lowest BCUT2D eigenvalue weighted by Crippen LogP contribution is -2.19. The van der Waals surface area contributed by atoms with Crippen LogP contribution in [0.2, 0.25) is 0 Å². The van der Waals surface area contributed by atoms with Gasteiger partial charge in [0.15, 0.2) is 0 Å². The van der Waals surface area contributed by atoms with Gasteiger partial charge < -0.3 is 4.74 Å². The quantitative estimate of drug-likeness (QED) is 0.563. The molecule has 0 aromatic rings. The molecular weight excluding hydrogens is 128 g/mol. The van der Waals surface area contributed by atoms with Gasteiger partial charge in [0.1, 0.15) is 6.10 Å². The van der Waals surface area contributed by atoms with Crippen molar-refractivity contribution in [2.45, 2.75) is 33.3 Å². The van der Waals surface area contributed by atoms with E-state index in [4.69, 9.17) is 4.74 Å². The first-order chi connectivity index (χ1) is 4.57. The number of carbonyl (C=O) groups excluding carboxylic acids is 1. The molecule has 0 heterocycles. The molecule has 10 heavy (non-hydrogen) atoms. The number of ether oxygens (including phenoxy) is 1. The van der Waals surface area contributed by atoms with Crippen molar-refractivity contribution in [1.29, 1.82) is 0 Å². The van der Waals surface area contributed by atoms with Gasteiger partial charge in [-0.2, -0.15) is 0 Å². The van der Waals surface area contributed by atoms with E-state index >= 15 is 0 Å². The first-order valence-electron chi connectivity index (χ1n) is 3.60. The number of carbonyl (C=O) groups is 1. The molecule has 0 aliphatic heterocycles. The van der Waals surface area contributed by atoms with Gasteiger partial charge >= 0.3 is 5.97 Å². The van der Waals surface area contributed by atoms with Crippen LogP contribution >= 0.6 is 0 Å². The molecule has 0 aliphatic carbocycles. The standard InChI is InChI=1S/C8H15O2/c1-5-6(2)7(3)10-8(4)9/h6-7H,4-5H2,1-3H3. The molecule has 0 amide bonds. The topological polar surface area (TPSA) is 26.3 Å². The molecule has 2 heteroatoms. The molecule has 0 aromatic carbocycles. The van der Waals surface area contributed by atoms with E-state index in [2.05, 4.69) is 13.8 Å². The fourth-order valence-corrected chi connectivity index (χ4v) is 0.655. The summed E-state index contributed by atoms with van der Waals surface area (Å²) >= 11 is 0. The van der Waals surface area contributed by atoms with E-state index in [-0.39, 0.29) is 6.10 Å². The molecule has 0 spiro atoms. The van der Waals surface area contributed by atoms with Gasteiger partial charge in [0.2, 0.25) is 0 Å². The Morgan fingerprint density at radius 2 is 2.10 bits per heavy atom. The fraction of sp³-hybridized carbons (Fsp3) is 0.750. The molecule has 0 fully saturated rings. The lowest BCUT2D eigenvalue weighted by Gasteiger charge is -2.17. The van der Waals surface area contributed by atoms with E-state index in [9.17, 15) is 4.79 Å². The van der Waals surface area contributed by atoms with Crippen LogP contribution in [-0.2, 0) is 9.53 Å². The molecule has 0 bridgehead atoms. The number of hydrogen-bond acceptors (Lipinski definition) is 2. The summed E-state index contributed by atoms with van der Waals surface area (Å²) in [6.45, 7) is 9.14. The van der Waals surface area contributed by atoms with Crippen molar-refractivity contribution in [1.82, 2.24) is 0 Å². The smallest absolute Gasteiger partial charge is 0.306 e. The largest absolute Gasteiger partial charge is 0.462 e. The van der Waals surface area contributed by atoms with Crippen LogP contribution in [0.5, 0.6) is 0 Å². The van der Waals surface area contributed by atoms with E-state index in [1.807, 2.05) is 13.8 Å². The summed E-state index contributed by atoms with van der Waals surface area (Å²) in [5, 5.41) is 0.